The van der Waals surface area contributed by atoms with E-state index in [-0.39, 0.29) is 16.9 Å². The van der Waals surface area contributed by atoms with Crippen molar-refractivity contribution in [3.05, 3.63) is 48.3 Å². The molecule has 4 nitrogen and oxygen atoms in total. The third-order valence-electron chi connectivity index (χ3n) is 3.39. The van der Waals surface area contributed by atoms with E-state index >= 15 is 0 Å². The van der Waals surface area contributed by atoms with Crippen LogP contribution < -0.4 is 9.47 Å². The maximum atomic E-state index is 14.4. The van der Waals surface area contributed by atoms with Crippen molar-refractivity contribution >= 4 is 33.5 Å². The average Bonchev–Trinajstić information content (AvgIpc) is 2.50. The Morgan fingerprint density at radius 1 is 0.783 bits per heavy atom. The second kappa shape index (κ2) is 5.68. The minimum absolute atomic E-state index is 0.109. The van der Waals surface area contributed by atoms with Gasteiger partial charge in [-0.15, -0.1) is 0 Å². The van der Waals surface area contributed by atoms with Crippen LogP contribution in [-0.2, 0) is 9.59 Å². The van der Waals surface area contributed by atoms with Gasteiger partial charge in [-0.2, -0.15) is 0 Å². The zero-order valence-electron chi connectivity index (χ0n) is 12.6. The molecule has 0 aliphatic carbocycles. The maximum Gasteiger partial charge on any atom is 0.308 e. The molecule has 116 valence electrons. The van der Waals surface area contributed by atoms with E-state index in [4.69, 9.17) is 9.47 Å². The van der Waals surface area contributed by atoms with Crippen molar-refractivity contribution < 1.29 is 23.5 Å². The topological polar surface area (TPSA) is 52.6 Å². The predicted molar refractivity (Wildman–Crippen MR) is 84.0 cm³/mol. The number of benzene rings is 3. The van der Waals surface area contributed by atoms with Crippen LogP contribution in [-0.4, -0.2) is 11.9 Å². The van der Waals surface area contributed by atoms with Crippen molar-refractivity contribution in [2.75, 3.05) is 0 Å². The summed E-state index contributed by atoms with van der Waals surface area (Å²) in [5.41, 5.74) is 0. The largest absolute Gasteiger partial charge is 0.425 e. The van der Waals surface area contributed by atoms with E-state index in [0.717, 1.165) is 0 Å². The molecule has 0 amide bonds. The highest BCUT2D eigenvalue weighted by atomic mass is 19.1. The molecule has 3 aromatic carbocycles. The van der Waals surface area contributed by atoms with Crippen molar-refractivity contribution in [3.63, 3.8) is 0 Å². The Morgan fingerprint density at radius 2 is 1.30 bits per heavy atom. The SMILES string of the molecule is CC(=O)Oc1c2ccccc2c(OC(C)=O)c2c(F)cccc12. The van der Waals surface area contributed by atoms with Gasteiger partial charge in [-0.1, -0.05) is 36.4 Å². The normalized spacial score (nSPS) is 10.7. The van der Waals surface area contributed by atoms with Gasteiger partial charge in [0.2, 0.25) is 0 Å². The van der Waals surface area contributed by atoms with Gasteiger partial charge in [0.25, 0.3) is 0 Å². The summed E-state index contributed by atoms with van der Waals surface area (Å²) in [5.74, 6) is -1.26. The molecule has 0 N–H and O–H groups in total. The summed E-state index contributed by atoms with van der Waals surface area (Å²) in [5, 5.41) is 1.54. The summed E-state index contributed by atoms with van der Waals surface area (Å²) in [6.45, 7) is 2.53. The fraction of sp³-hybridized carbons (Fsp3) is 0.111. The summed E-state index contributed by atoms with van der Waals surface area (Å²) in [4.78, 5) is 22.9. The molecule has 0 atom stereocenters. The van der Waals surface area contributed by atoms with Gasteiger partial charge < -0.3 is 9.47 Å². The Balaban J connectivity index is 2.53. The quantitative estimate of drug-likeness (QED) is 0.408. The lowest BCUT2D eigenvalue weighted by Gasteiger charge is -2.15. The average molecular weight is 312 g/mol. The molecule has 3 rings (SSSR count). The van der Waals surface area contributed by atoms with E-state index in [1.165, 1.54) is 26.0 Å². The number of hydrogen-bond acceptors (Lipinski definition) is 4. The molecule has 23 heavy (non-hydrogen) atoms. The molecule has 0 spiro atoms. The van der Waals surface area contributed by atoms with Crippen molar-refractivity contribution in [3.8, 4) is 11.5 Å². The molecular weight excluding hydrogens is 299 g/mol. The van der Waals surface area contributed by atoms with Crippen LogP contribution in [0.4, 0.5) is 4.39 Å². The molecule has 0 heterocycles. The maximum absolute atomic E-state index is 14.4. The Bertz CT molecular complexity index is 947. The first-order valence-corrected chi connectivity index (χ1v) is 6.99. The van der Waals surface area contributed by atoms with Crippen LogP contribution in [0.15, 0.2) is 42.5 Å². The van der Waals surface area contributed by atoms with E-state index in [1.807, 2.05) is 0 Å². The summed E-state index contributed by atoms with van der Waals surface area (Å²) < 4.78 is 25.0. The molecule has 0 bridgehead atoms. The standard InChI is InChI=1S/C18H13FO4/c1-10(20)22-17-12-6-3-4-7-13(12)18(23-11(2)21)16-14(17)8-5-9-15(16)19/h3-9H,1-2H3. The highest BCUT2D eigenvalue weighted by molar-refractivity contribution is 6.12. The van der Waals surface area contributed by atoms with Crippen LogP contribution in [0.3, 0.4) is 0 Å². The van der Waals surface area contributed by atoms with Crippen LogP contribution in [0.5, 0.6) is 11.5 Å². The van der Waals surface area contributed by atoms with Gasteiger partial charge >= 0.3 is 11.9 Å². The number of ether oxygens (including phenoxy) is 2. The first-order valence-electron chi connectivity index (χ1n) is 6.99. The summed E-state index contributed by atoms with van der Waals surface area (Å²) in [7, 11) is 0. The number of carbonyl (C=O) groups excluding carboxylic acids is 2. The van der Waals surface area contributed by atoms with Crippen molar-refractivity contribution in [1.82, 2.24) is 0 Å². The van der Waals surface area contributed by atoms with Gasteiger partial charge in [-0.05, 0) is 6.07 Å². The number of hydrogen-bond donors (Lipinski definition) is 0. The van der Waals surface area contributed by atoms with Crippen LogP contribution in [0.25, 0.3) is 21.5 Å². The monoisotopic (exact) mass is 312 g/mol. The highest BCUT2D eigenvalue weighted by Crippen LogP contribution is 2.43. The number of halogens is 1. The fourth-order valence-corrected chi connectivity index (χ4v) is 2.61. The number of fused-ring (bicyclic) bond motifs is 2. The molecule has 3 aromatic rings. The number of carbonyl (C=O) groups is 2. The molecular formula is C18H13FO4. The van der Waals surface area contributed by atoms with Gasteiger partial charge in [-0.25, -0.2) is 4.39 Å². The van der Waals surface area contributed by atoms with Gasteiger partial charge in [0.1, 0.15) is 17.3 Å². The van der Waals surface area contributed by atoms with Gasteiger partial charge in [0, 0.05) is 30.0 Å². The number of esters is 2. The molecule has 0 unspecified atom stereocenters. The lowest BCUT2D eigenvalue weighted by Crippen LogP contribution is -2.06. The van der Waals surface area contributed by atoms with E-state index < -0.39 is 17.8 Å². The molecule has 0 saturated carbocycles. The zero-order valence-corrected chi connectivity index (χ0v) is 12.6. The third kappa shape index (κ3) is 2.61. The molecule has 0 aliphatic heterocycles. The minimum atomic E-state index is -0.557. The molecule has 5 heteroatoms. The van der Waals surface area contributed by atoms with Crippen LogP contribution in [0.2, 0.25) is 0 Å². The third-order valence-corrected chi connectivity index (χ3v) is 3.39. The highest BCUT2D eigenvalue weighted by Gasteiger charge is 2.20. The van der Waals surface area contributed by atoms with Crippen molar-refractivity contribution in [1.29, 1.82) is 0 Å². The van der Waals surface area contributed by atoms with Crippen LogP contribution in [0.1, 0.15) is 13.8 Å². The number of rotatable bonds is 2. The summed E-state index contributed by atoms with van der Waals surface area (Å²) in [6.07, 6.45) is 0. The molecule has 0 saturated heterocycles. The van der Waals surface area contributed by atoms with Crippen LogP contribution in [0, 0.1) is 5.82 Å². The van der Waals surface area contributed by atoms with E-state index in [9.17, 15) is 14.0 Å². The molecule has 0 radical (unpaired) electrons. The first-order chi connectivity index (χ1) is 11.0. The summed E-state index contributed by atoms with van der Waals surface area (Å²) in [6, 6.07) is 11.3. The van der Waals surface area contributed by atoms with E-state index in [2.05, 4.69) is 0 Å². The fourth-order valence-electron chi connectivity index (χ4n) is 2.61. The lowest BCUT2D eigenvalue weighted by molar-refractivity contribution is -0.132. The van der Waals surface area contributed by atoms with E-state index in [0.29, 0.717) is 16.2 Å². The molecule has 0 aromatic heterocycles. The van der Waals surface area contributed by atoms with Gasteiger partial charge in [0.05, 0.1) is 5.39 Å². The Morgan fingerprint density at radius 3 is 1.91 bits per heavy atom. The smallest absolute Gasteiger partial charge is 0.308 e. The lowest BCUT2D eigenvalue weighted by atomic mass is 10.00. The first kappa shape index (κ1) is 15.0. The van der Waals surface area contributed by atoms with E-state index in [1.54, 1.807) is 30.3 Å². The summed E-state index contributed by atoms with van der Waals surface area (Å²) >= 11 is 0. The van der Waals surface area contributed by atoms with Gasteiger partial charge in [-0.3, -0.25) is 9.59 Å². The molecule has 0 fully saturated rings. The van der Waals surface area contributed by atoms with Crippen molar-refractivity contribution in [2.45, 2.75) is 13.8 Å². The minimum Gasteiger partial charge on any atom is -0.425 e. The zero-order chi connectivity index (χ0) is 16.6. The Labute approximate surface area is 131 Å². The van der Waals surface area contributed by atoms with Crippen LogP contribution >= 0.6 is 0 Å². The van der Waals surface area contributed by atoms with Gasteiger partial charge in [0.15, 0.2) is 0 Å². The second-order valence-corrected chi connectivity index (χ2v) is 5.05. The predicted octanol–water partition coefficient (Wildman–Crippen LogP) is 3.98. The van der Waals surface area contributed by atoms with Crippen molar-refractivity contribution in [2.24, 2.45) is 0 Å². The Kier molecular flexibility index (Phi) is 3.70. The Hall–Kier alpha value is -2.95. The second-order valence-electron chi connectivity index (χ2n) is 5.05. The molecule has 0 aliphatic rings.